The Balaban J connectivity index is 1.52. The van der Waals surface area contributed by atoms with Crippen molar-refractivity contribution >= 4 is 17.7 Å². The van der Waals surface area contributed by atoms with E-state index in [4.69, 9.17) is 8.83 Å². The number of amides is 3. The molecular formula is C18H21N3O5. The second-order valence-electron chi connectivity index (χ2n) is 6.10. The molecule has 1 saturated heterocycles. The zero-order chi connectivity index (χ0) is 18.5. The van der Waals surface area contributed by atoms with E-state index in [0.717, 1.165) is 0 Å². The van der Waals surface area contributed by atoms with Crippen LogP contribution in [-0.2, 0) is 16.1 Å². The second kappa shape index (κ2) is 7.90. The van der Waals surface area contributed by atoms with Crippen molar-refractivity contribution in [2.75, 3.05) is 32.7 Å². The van der Waals surface area contributed by atoms with E-state index in [1.807, 2.05) is 0 Å². The number of carbonyl (C=O) groups excluding carboxylic acids is 3. The average Bonchev–Trinajstić information content (AvgIpc) is 3.34. The van der Waals surface area contributed by atoms with Crippen LogP contribution in [0, 0.1) is 0 Å². The molecule has 8 nitrogen and oxygen atoms in total. The number of carbonyl (C=O) groups is 3. The molecule has 1 aliphatic heterocycles. The van der Waals surface area contributed by atoms with E-state index < -0.39 is 0 Å². The zero-order valence-corrected chi connectivity index (χ0v) is 14.6. The molecule has 0 radical (unpaired) electrons. The SMILES string of the molecule is CC(=O)N(CC(=O)N1CCN(C(=O)c2ccco2)CC1)Cc1ccco1. The van der Waals surface area contributed by atoms with Gasteiger partial charge in [-0.3, -0.25) is 14.4 Å². The van der Waals surface area contributed by atoms with Crippen LogP contribution < -0.4 is 0 Å². The molecule has 1 aliphatic rings. The van der Waals surface area contributed by atoms with Gasteiger partial charge >= 0.3 is 0 Å². The molecule has 0 N–H and O–H groups in total. The van der Waals surface area contributed by atoms with Crippen LogP contribution in [-0.4, -0.2) is 65.1 Å². The first kappa shape index (κ1) is 17.8. The summed E-state index contributed by atoms with van der Waals surface area (Å²) in [5, 5.41) is 0. The molecule has 8 heteroatoms. The third kappa shape index (κ3) is 4.14. The minimum atomic E-state index is -0.193. The number of hydrogen-bond donors (Lipinski definition) is 0. The van der Waals surface area contributed by atoms with Crippen LogP contribution in [0.25, 0.3) is 0 Å². The highest BCUT2D eigenvalue weighted by Gasteiger charge is 2.27. The lowest BCUT2D eigenvalue weighted by atomic mass is 10.2. The number of furan rings is 2. The summed E-state index contributed by atoms with van der Waals surface area (Å²) in [5.41, 5.74) is 0. The molecule has 0 bridgehead atoms. The highest BCUT2D eigenvalue weighted by Crippen LogP contribution is 2.11. The Morgan fingerprint density at radius 3 is 2.23 bits per heavy atom. The smallest absolute Gasteiger partial charge is 0.289 e. The average molecular weight is 359 g/mol. The van der Waals surface area contributed by atoms with Crippen molar-refractivity contribution in [1.82, 2.24) is 14.7 Å². The summed E-state index contributed by atoms with van der Waals surface area (Å²) in [6, 6.07) is 6.80. The maximum atomic E-state index is 12.5. The van der Waals surface area contributed by atoms with Gasteiger partial charge < -0.3 is 23.5 Å². The van der Waals surface area contributed by atoms with E-state index >= 15 is 0 Å². The first-order chi connectivity index (χ1) is 12.5. The summed E-state index contributed by atoms with van der Waals surface area (Å²) in [7, 11) is 0. The van der Waals surface area contributed by atoms with Crippen molar-refractivity contribution in [2.45, 2.75) is 13.5 Å². The fraction of sp³-hybridized carbons (Fsp3) is 0.389. The van der Waals surface area contributed by atoms with Crippen LogP contribution in [0.5, 0.6) is 0 Å². The van der Waals surface area contributed by atoms with E-state index in [-0.39, 0.29) is 30.8 Å². The van der Waals surface area contributed by atoms with Gasteiger partial charge in [-0.05, 0) is 24.3 Å². The van der Waals surface area contributed by atoms with Gasteiger partial charge in [0, 0.05) is 33.1 Å². The molecule has 3 heterocycles. The van der Waals surface area contributed by atoms with Gasteiger partial charge in [0.15, 0.2) is 5.76 Å². The second-order valence-corrected chi connectivity index (χ2v) is 6.10. The van der Waals surface area contributed by atoms with Gasteiger partial charge in [-0.15, -0.1) is 0 Å². The third-order valence-corrected chi connectivity index (χ3v) is 4.35. The minimum Gasteiger partial charge on any atom is -0.467 e. The monoisotopic (exact) mass is 359 g/mol. The molecule has 2 aromatic heterocycles. The van der Waals surface area contributed by atoms with Crippen LogP contribution >= 0.6 is 0 Å². The molecule has 26 heavy (non-hydrogen) atoms. The Morgan fingerprint density at radius 2 is 1.65 bits per heavy atom. The minimum absolute atomic E-state index is 0.0117. The predicted octanol–water partition coefficient (Wildman–Crippen LogP) is 1.21. The van der Waals surface area contributed by atoms with E-state index in [2.05, 4.69) is 0 Å². The van der Waals surface area contributed by atoms with E-state index in [0.29, 0.717) is 37.7 Å². The van der Waals surface area contributed by atoms with Crippen LogP contribution in [0.15, 0.2) is 45.6 Å². The van der Waals surface area contributed by atoms with Gasteiger partial charge in [-0.25, -0.2) is 0 Å². The lowest BCUT2D eigenvalue weighted by molar-refractivity contribution is -0.140. The van der Waals surface area contributed by atoms with Crippen molar-refractivity contribution in [3.8, 4) is 0 Å². The van der Waals surface area contributed by atoms with Gasteiger partial charge in [0.1, 0.15) is 12.3 Å². The van der Waals surface area contributed by atoms with Crippen LogP contribution in [0.2, 0.25) is 0 Å². The molecule has 0 aromatic carbocycles. The van der Waals surface area contributed by atoms with Gasteiger partial charge in [-0.2, -0.15) is 0 Å². The fourth-order valence-corrected chi connectivity index (χ4v) is 2.85. The summed E-state index contributed by atoms with van der Waals surface area (Å²) in [4.78, 5) is 41.4. The number of hydrogen-bond acceptors (Lipinski definition) is 5. The topological polar surface area (TPSA) is 87.2 Å². The van der Waals surface area contributed by atoms with Gasteiger partial charge in [0.2, 0.25) is 11.8 Å². The summed E-state index contributed by atoms with van der Waals surface area (Å²) >= 11 is 0. The molecule has 1 fully saturated rings. The normalized spacial score (nSPS) is 14.3. The molecule has 0 atom stereocenters. The van der Waals surface area contributed by atoms with Crippen molar-refractivity contribution in [1.29, 1.82) is 0 Å². The van der Waals surface area contributed by atoms with Crippen molar-refractivity contribution in [3.05, 3.63) is 48.3 Å². The number of nitrogens with zero attached hydrogens (tertiary/aromatic N) is 3. The highest BCUT2D eigenvalue weighted by molar-refractivity contribution is 5.91. The van der Waals surface area contributed by atoms with Crippen LogP contribution in [0.3, 0.4) is 0 Å². The molecule has 0 spiro atoms. The standard InChI is InChI=1S/C18H21N3O5/c1-14(22)21(12-15-4-2-10-25-15)13-17(23)19-6-8-20(9-7-19)18(24)16-5-3-11-26-16/h2-5,10-11H,6-9,12-13H2,1H3. The maximum absolute atomic E-state index is 12.5. The van der Waals surface area contributed by atoms with Crippen molar-refractivity contribution in [2.24, 2.45) is 0 Å². The summed E-state index contributed by atoms with van der Waals surface area (Å²) < 4.78 is 10.4. The fourth-order valence-electron chi connectivity index (χ4n) is 2.85. The van der Waals surface area contributed by atoms with E-state index in [9.17, 15) is 14.4 Å². The molecular weight excluding hydrogens is 338 g/mol. The Kier molecular flexibility index (Phi) is 5.40. The molecule has 3 rings (SSSR count). The van der Waals surface area contributed by atoms with E-state index in [1.165, 1.54) is 24.3 Å². The van der Waals surface area contributed by atoms with Gasteiger partial charge in [0.25, 0.3) is 5.91 Å². The molecule has 0 aliphatic carbocycles. The maximum Gasteiger partial charge on any atom is 0.289 e. The summed E-state index contributed by atoms with van der Waals surface area (Å²) in [5.74, 6) is 0.413. The summed E-state index contributed by atoms with van der Waals surface area (Å²) in [6.45, 7) is 3.39. The molecule has 2 aromatic rings. The number of rotatable bonds is 5. The van der Waals surface area contributed by atoms with Crippen LogP contribution in [0.1, 0.15) is 23.2 Å². The highest BCUT2D eigenvalue weighted by atomic mass is 16.3. The summed E-state index contributed by atoms with van der Waals surface area (Å²) in [6.07, 6.45) is 2.99. The van der Waals surface area contributed by atoms with Gasteiger partial charge in [0.05, 0.1) is 19.1 Å². The van der Waals surface area contributed by atoms with E-state index in [1.54, 1.807) is 34.1 Å². The molecule has 138 valence electrons. The molecule has 0 saturated carbocycles. The first-order valence-corrected chi connectivity index (χ1v) is 8.43. The van der Waals surface area contributed by atoms with Gasteiger partial charge in [-0.1, -0.05) is 0 Å². The lowest BCUT2D eigenvalue weighted by Gasteiger charge is -2.35. The Hall–Kier alpha value is -3.03. The largest absolute Gasteiger partial charge is 0.467 e. The lowest BCUT2D eigenvalue weighted by Crippen LogP contribution is -2.52. The Labute approximate surface area is 150 Å². The Morgan fingerprint density at radius 1 is 1.00 bits per heavy atom. The third-order valence-electron chi connectivity index (χ3n) is 4.35. The molecule has 3 amide bonds. The zero-order valence-electron chi connectivity index (χ0n) is 14.6. The first-order valence-electron chi connectivity index (χ1n) is 8.43. The van der Waals surface area contributed by atoms with Crippen LogP contribution in [0.4, 0.5) is 0 Å². The molecule has 0 unspecified atom stereocenters. The van der Waals surface area contributed by atoms with Crippen molar-refractivity contribution in [3.63, 3.8) is 0 Å². The predicted molar refractivity (Wildman–Crippen MR) is 91.0 cm³/mol. The number of piperazine rings is 1. The quantitative estimate of drug-likeness (QED) is 0.801. The Bertz CT molecular complexity index is 746. The van der Waals surface area contributed by atoms with Crippen molar-refractivity contribution < 1.29 is 23.2 Å².